The highest BCUT2D eigenvalue weighted by Gasteiger charge is 2.48. The normalized spacial score (nSPS) is 18.2. The predicted molar refractivity (Wildman–Crippen MR) is 103 cm³/mol. The monoisotopic (exact) mass is 372 g/mol. The number of carbonyl (C=O) groups excluding carboxylic acids is 2. The fraction of sp³-hybridized carbons (Fsp3) is 0.300. The maximum atomic E-state index is 12.5. The van der Waals surface area contributed by atoms with Crippen molar-refractivity contribution in [3.05, 3.63) is 52.5 Å². The molecular weight excluding hydrogens is 352 g/mol. The second kappa shape index (κ2) is 7.38. The van der Waals surface area contributed by atoms with E-state index in [1.807, 2.05) is 32.0 Å². The van der Waals surface area contributed by atoms with Crippen LogP contribution in [0.4, 0.5) is 11.4 Å². The Morgan fingerprint density at radius 3 is 2.35 bits per heavy atom. The van der Waals surface area contributed by atoms with E-state index < -0.39 is 0 Å². The van der Waals surface area contributed by atoms with Crippen LogP contribution >= 0.6 is 11.6 Å². The second-order valence-corrected chi connectivity index (χ2v) is 6.95. The summed E-state index contributed by atoms with van der Waals surface area (Å²) in [6, 6.07) is 10.9. The van der Waals surface area contributed by atoms with Crippen LogP contribution in [0.5, 0.6) is 5.75 Å². The van der Waals surface area contributed by atoms with Gasteiger partial charge >= 0.3 is 0 Å². The smallest absolute Gasteiger partial charge is 0.228 e. The van der Waals surface area contributed by atoms with Gasteiger partial charge in [-0.15, -0.1) is 0 Å². The van der Waals surface area contributed by atoms with Crippen molar-refractivity contribution in [1.29, 1.82) is 0 Å². The number of hydrogen-bond donors (Lipinski definition) is 2. The van der Waals surface area contributed by atoms with Gasteiger partial charge in [0.2, 0.25) is 11.8 Å². The molecule has 2 aromatic carbocycles. The van der Waals surface area contributed by atoms with Crippen LogP contribution in [0, 0.1) is 25.7 Å². The van der Waals surface area contributed by atoms with Crippen molar-refractivity contribution in [1.82, 2.24) is 0 Å². The topological polar surface area (TPSA) is 67.4 Å². The first-order valence-electron chi connectivity index (χ1n) is 8.42. The zero-order chi connectivity index (χ0) is 18.8. The third-order valence-electron chi connectivity index (χ3n) is 4.60. The molecule has 2 N–H and O–H groups in total. The van der Waals surface area contributed by atoms with Crippen LogP contribution < -0.4 is 15.4 Å². The van der Waals surface area contributed by atoms with Crippen molar-refractivity contribution in [2.75, 3.05) is 17.7 Å². The highest BCUT2D eigenvalue weighted by molar-refractivity contribution is 6.31. The van der Waals surface area contributed by atoms with Gasteiger partial charge in [0.1, 0.15) is 5.75 Å². The molecule has 5 nitrogen and oxygen atoms in total. The van der Waals surface area contributed by atoms with Crippen molar-refractivity contribution in [3.63, 3.8) is 0 Å². The van der Waals surface area contributed by atoms with Gasteiger partial charge < -0.3 is 15.4 Å². The average Bonchev–Trinajstić information content (AvgIpc) is 3.40. The van der Waals surface area contributed by atoms with Crippen LogP contribution in [0.15, 0.2) is 36.4 Å². The van der Waals surface area contributed by atoms with E-state index in [9.17, 15) is 9.59 Å². The summed E-state index contributed by atoms with van der Waals surface area (Å²) >= 11 is 6.08. The molecule has 0 aromatic heterocycles. The van der Waals surface area contributed by atoms with Crippen LogP contribution in [0.2, 0.25) is 5.02 Å². The molecule has 3 rings (SSSR count). The lowest BCUT2D eigenvalue weighted by atomic mass is 10.2. The number of hydrogen-bond acceptors (Lipinski definition) is 3. The molecule has 2 atom stereocenters. The lowest BCUT2D eigenvalue weighted by molar-refractivity contribution is -0.122. The molecule has 0 saturated heterocycles. The number of benzene rings is 2. The Morgan fingerprint density at radius 1 is 1.04 bits per heavy atom. The van der Waals surface area contributed by atoms with Crippen molar-refractivity contribution < 1.29 is 14.3 Å². The average molecular weight is 373 g/mol. The zero-order valence-corrected chi connectivity index (χ0v) is 15.7. The van der Waals surface area contributed by atoms with Crippen LogP contribution in [-0.2, 0) is 9.59 Å². The minimum atomic E-state index is -0.334. The van der Waals surface area contributed by atoms with Gasteiger partial charge in [0.05, 0.1) is 24.6 Å². The van der Waals surface area contributed by atoms with E-state index >= 15 is 0 Å². The molecule has 2 aromatic rings. The number of anilines is 2. The quantitative estimate of drug-likeness (QED) is 0.827. The third-order valence-corrected chi connectivity index (χ3v) is 5.01. The van der Waals surface area contributed by atoms with Crippen molar-refractivity contribution >= 4 is 34.8 Å². The van der Waals surface area contributed by atoms with Gasteiger partial charge in [-0.05, 0) is 55.7 Å². The molecule has 6 heteroatoms. The first-order valence-corrected chi connectivity index (χ1v) is 8.80. The van der Waals surface area contributed by atoms with Gasteiger partial charge in [-0.1, -0.05) is 23.7 Å². The zero-order valence-electron chi connectivity index (χ0n) is 14.9. The molecular formula is C20H21ClN2O3. The van der Waals surface area contributed by atoms with Gasteiger partial charge in [0.25, 0.3) is 0 Å². The summed E-state index contributed by atoms with van der Waals surface area (Å²) in [6.07, 6.45) is 0.533. The van der Waals surface area contributed by atoms with Crippen LogP contribution in [-0.4, -0.2) is 18.9 Å². The van der Waals surface area contributed by atoms with Crippen molar-refractivity contribution in [2.45, 2.75) is 20.3 Å². The van der Waals surface area contributed by atoms with E-state index in [-0.39, 0.29) is 23.7 Å². The summed E-state index contributed by atoms with van der Waals surface area (Å²) in [6.45, 7) is 3.79. The summed E-state index contributed by atoms with van der Waals surface area (Å²) < 4.78 is 5.27. The van der Waals surface area contributed by atoms with E-state index in [1.54, 1.807) is 25.3 Å². The van der Waals surface area contributed by atoms with Crippen molar-refractivity contribution in [3.8, 4) is 5.75 Å². The predicted octanol–water partition coefficient (Wildman–Crippen LogP) is 4.18. The van der Waals surface area contributed by atoms with E-state index in [0.29, 0.717) is 28.6 Å². The van der Waals surface area contributed by atoms with Gasteiger partial charge in [-0.3, -0.25) is 9.59 Å². The number of rotatable bonds is 5. The number of aryl methyl sites for hydroxylation is 1. The molecule has 1 aliphatic rings. The fourth-order valence-corrected chi connectivity index (χ4v) is 3.06. The number of nitrogens with one attached hydrogen (secondary N) is 2. The maximum Gasteiger partial charge on any atom is 0.228 e. The minimum absolute atomic E-state index is 0.160. The minimum Gasteiger partial charge on any atom is -0.495 e. The molecule has 1 saturated carbocycles. The Bertz CT molecular complexity index is 866. The van der Waals surface area contributed by atoms with Gasteiger partial charge in [-0.25, -0.2) is 0 Å². The molecule has 2 amide bonds. The van der Waals surface area contributed by atoms with Gasteiger partial charge in [0, 0.05) is 10.7 Å². The Labute approximate surface area is 157 Å². The summed E-state index contributed by atoms with van der Waals surface area (Å²) in [5.41, 5.74) is 3.12. The molecule has 0 bridgehead atoms. The molecule has 0 heterocycles. The number of amides is 2. The Balaban J connectivity index is 1.63. The largest absolute Gasteiger partial charge is 0.495 e. The van der Waals surface area contributed by atoms with Crippen molar-refractivity contribution in [2.24, 2.45) is 11.8 Å². The van der Waals surface area contributed by atoms with Crippen LogP contribution in [0.25, 0.3) is 0 Å². The molecule has 2 unspecified atom stereocenters. The number of carbonyl (C=O) groups is 2. The lowest BCUT2D eigenvalue weighted by Crippen LogP contribution is -2.21. The second-order valence-electron chi connectivity index (χ2n) is 6.54. The highest BCUT2D eigenvalue weighted by Crippen LogP contribution is 2.41. The molecule has 0 radical (unpaired) electrons. The third kappa shape index (κ3) is 3.83. The lowest BCUT2D eigenvalue weighted by Gasteiger charge is -2.11. The van der Waals surface area contributed by atoms with Crippen LogP contribution in [0.1, 0.15) is 17.5 Å². The van der Waals surface area contributed by atoms with Gasteiger partial charge in [-0.2, -0.15) is 0 Å². The highest BCUT2D eigenvalue weighted by atomic mass is 35.5. The Hall–Kier alpha value is -2.53. The van der Waals surface area contributed by atoms with Crippen LogP contribution in [0.3, 0.4) is 0 Å². The fourth-order valence-electron chi connectivity index (χ4n) is 2.89. The molecule has 26 heavy (non-hydrogen) atoms. The first kappa shape index (κ1) is 18.3. The number of methoxy groups -OCH3 is 1. The van der Waals surface area contributed by atoms with E-state index in [0.717, 1.165) is 11.1 Å². The summed E-state index contributed by atoms with van der Waals surface area (Å²) in [7, 11) is 1.56. The number of ether oxygens (including phenoxy) is 1. The SMILES string of the molecule is COc1ccc(C)cc1NC(=O)C1CC1C(=O)Nc1cccc(Cl)c1C. The Kier molecular flexibility index (Phi) is 5.18. The van der Waals surface area contributed by atoms with Gasteiger partial charge in [0.15, 0.2) is 0 Å². The first-order chi connectivity index (χ1) is 12.4. The summed E-state index contributed by atoms with van der Waals surface area (Å²) in [4.78, 5) is 24.9. The summed E-state index contributed by atoms with van der Waals surface area (Å²) in [5, 5.41) is 6.33. The standard InChI is InChI=1S/C20H21ClN2O3/c1-11-7-8-18(26-3)17(9-11)23-20(25)14-10-13(14)19(24)22-16-6-4-5-15(21)12(16)2/h4-9,13-14H,10H2,1-3H3,(H,22,24)(H,23,25). The van der Waals surface area contributed by atoms with E-state index in [1.165, 1.54) is 0 Å². The number of halogens is 1. The van der Waals surface area contributed by atoms with E-state index in [2.05, 4.69) is 10.6 Å². The summed E-state index contributed by atoms with van der Waals surface area (Å²) in [5.74, 6) is -0.396. The maximum absolute atomic E-state index is 12.5. The molecule has 0 spiro atoms. The molecule has 0 aliphatic heterocycles. The molecule has 136 valence electrons. The molecule has 1 aliphatic carbocycles. The molecule has 1 fully saturated rings. The Morgan fingerprint density at radius 2 is 1.69 bits per heavy atom. The van der Waals surface area contributed by atoms with E-state index in [4.69, 9.17) is 16.3 Å².